The minimum atomic E-state index is 0.931. The Morgan fingerprint density at radius 1 is 1.38 bits per heavy atom. The monoisotopic (exact) mass is 177 g/mol. The quantitative estimate of drug-likeness (QED) is 0.687. The Morgan fingerprint density at radius 2 is 2.23 bits per heavy atom. The third-order valence-corrected chi connectivity index (χ3v) is 2.43. The van der Waals surface area contributed by atoms with Crippen LogP contribution in [-0.4, -0.2) is 23.1 Å². The lowest BCUT2D eigenvalue weighted by molar-refractivity contribution is 0.708. The van der Waals surface area contributed by atoms with Crippen LogP contribution in [0.1, 0.15) is 24.0 Å². The van der Waals surface area contributed by atoms with Crippen LogP contribution in [0, 0.1) is 0 Å². The van der Waals surface area contributed by atoms with Gasteiger partial charge in [-0.3, -0.25) is 0 Å². The Balaban J connectivity index is 2.32. The van der Waals surface area contributed by atoms with Gasteiger partial charge in [0.2, 0.25) is 0 Å². The molecule has 0 amide bonds. The van der Waals surface area contributed by atoms with Crippen molar-refractivity contribution in [2.24, 2.45) is 0 Å². The van der Waals surface area contributed by atoms with Crippen LogP contribution in [0.5, 0.6) is 0 Å². The minimum absolute atomic E-state index is 0.931. The van der Waals surface area contributed by atoms with E-state index in [9.17, 15) is 0 Å². The Kier molecular flexibility index (Phi) is 2.54. The van der Waals surface area contributed by atoms with Crippen molar-refractivity contribution in [2.75, 3.05) is 13.1 Å². The summed E-state index contributed by atoms with van der Waals surface area (Å²) in [5.41, 5.74) is 2.57. The van der Waals surface area contributed by atoms with Crippen molar-refractivity contribution in [3.05, 3.63) is 23.3 Å². The molecule has 0 saturated heterocycles. The highest BCUT2D eigenvalue weighted by Gasteiger charge is 2.09. The molecule has 0 aromatic carbocycles. The number of aromatic nitrogens is 2. The van der Waals surface area contributed by atoms with Crippen LogP contribution in [-0.2, 0) is 19.3 Å². The number of nitrogens with zero attached hydrogens (tertiary/aromatic N) is 2. The van der Waals surface area contributed by atoms with Crippen LogP contribution in [0.4, 0.5) is 0 Å². The van der Waals surface area contributed by atoms with E-state index in [4.69, 9.17) is 0 Å². The van der Waals surface area contributed by atoms with Crippen LogP contribution in [0.3, 0.4) is 0 Å². The summed E-state index contributed by atoms with van der Waals surface area (Å²) in [4.78, 5) is 8.85. The average Bonchev–Trinajstić information content (AvgIpc) is 2.41. The van der Waals surface area contributed by atoms with Crippen LogP contribution in [0.2, 0.25) is 0 Å². The standard InChI is InChI=1S/C10H15N3/c1-2-10-12-7-8-3-5-11-6-4-9(8)13-10/h7,11H,2-6H2,1H3. The number of aryl methyl sites for hydroxylation is 1. The molecule has 2 rings (SSSR count). The summed E-state index contributed by atoms with van der Waals surface area (Å²) in [5.74, 6) is 0.973. The molecule has 0 bridgehead atoms. The maximum atomic E-state index is 4.54. The second-order valence-electron chi connectivity index (χ2n) is 3.36. The molecule has 2 heterocycles. The zero-order chi connectivity index (χ0) is 9.10. The first kappa shape index (κ1) is 8.63. The summed E-state index contributed by atoms with van der Waals surface area (Å²) < 4.78 is 0. The van der Waals surface area contributed by atoms with Crippen molar-refractivity contribution in [1.82, 2.24) is 15.3 Å². The molecule has 1 N–H and O–H groups in total. The second kappa shape index (κ2) is 3.83. The molecule has 0 fully saturated rings. The SMILES string of the molecule is CCc1ncc2c(n1)CCNCC2. The predicted molar refractivity (Wildman–Crippen MR) is 51.7 cm³/mol. The largest absolute Gasteiger partial charge is 0.316 e. The topological polar surface area (TPSA) is 37.8 Å². The number of nitrogens with one attached hydrogen (secondary N) is 1. The van der Waals surface area contributed by atoms with Gasteiger partial charge in [0, 0.05) is 31.3 Å². The van der Waals surface area contributed by atoms with Gasteiger partial charge >= 0.3 is 0 Å². The summed E-state index contributed by atoms with van der Waals surface area (Å²) in [6.45, 7) is 4.20. The van der Waals surface area contributed by atoms with Crippen molar-refractivity contribution >= 4 is 0 Å². The van der Waals surface area contributed by atoms with E-state index in [1.54, 1.807) is 0 Å². The first-order valence-corrected chi connectivity index (χ1v) is 4.94. The fraction of sp³-hybridized carbons (Fsp3) is 0.600. The first-order valence-electron chi connectivity index (χ1n) is 4.94. The van der Waals surface area contributed by atoms with Gasteiger partial charge in [0.25, 0.3) is 0 Å². The Morgan fingerprint density at radius 3 is 3.08 bits per heavy atom. The number of hydrogen-bond acceptors (Lipinski definition) is 3. The molecule has 0 unspecified atom stereocenters. The van der Waals surface area contributed by atoms with E-state index in [-0.39, 0.29) is 0 Å². The lowest BCUT2D eigenvalue weighted by Crippen LogP contribution is -2.16. The molecule has 3 heteroatoms. The van der Waals surface area contributed by atoms with Crippen LogP contribution in [0.15, 0.2) is 6.20 Å². The van der Waals surface area contributed by atoms with Crippen molar-refractivity contribution in [3.63, 3.8) is 0 Å². The van der Waals surface area contributed by atoms with Crippen LogP contribution >= 0.6 is 0 Å². The maximum absolute atomic E-state index is 4.54. The van der Waals surface area contributed by atoms with E-state index >= 15 is 0 Å². The smallest absolute Gasteiger partial charge is 0.128 e. The molecule has 0 saturated carbocycles. The predicted octanol–water partition coefficient (Wildman–Crippen LogP) is 0.727. The van der Waals surface area contributed by atoms with E-state index < -0.39 is 0 Å². The molecular formula is C10H15N3. The van der Waals surface area contributed by atoms with Crippen molar-refractivity contribution in [3.8, 4) is 0 Å². The third-order valence-electron chi connectivity index (χ3n) is 2.43. The molecule has 1 aromatic rings. The molecule has 0 radical (unpaired) electrons. The second-order valence-corrected chi connectivity index (χ2v) is 3.36. The van der Waals surface area contributed by atoms with E-state index in [1.807, 2.05) is 6.20 Å². The highest BCUT2D eigenvalue weighted by atomic mass is 14.9. The van der Waals surface area contributed by atoms with Crippen molar-refractivity contribution in [1.29, 1.82) is 0 Å². The maximum Gasteiger partial charge on any atom is 0.128 e. The highest BCUT2D eigenvalue weighted by molar-refractivity contribution is 5.19. The Labute approximate surface area is 78.6 Å². The summed E-state index contributed by atoms with van der Waals surface area (Å²) in [7, 11) is 0. The van der Waals surface area contributed by atoms with E-state index in [2.05, 4.69) is 22.2 Å². The van der Waals surface area contributed by atoms with Gasteiger partial charge < -0.3 is 5.32 Å². The minimum Gasteiger partial charge on any atom is -0.316 e. The van der Waals surface area contributed by atoms with Gasteiger partial charge in [-0.15, -0.1) is 0 Å². The van der Waals surface area contributed by atoms with Crippen LogP contribution < -0.4 is 5.32 Å². The molecule has 0 aliphatic carbocycles. The van der Waals surface area contributed by atoms with Crippen molar-refractivity contribution in [2.45, 2.75) is 26.2 Å². The van der Waals surface area contributed by atoms with Gasteiger partial charge in [-0.25, -0.2) is 9.97 Å². The number of hydrogen-bond donors (Lipinski definition) is 1. The zero-order valence-corrected chi connectivity index (χ0v) is 8.01. The zero-order valence-electron chi connectivity index (χ0n) is 8.01. The fourth-order valence-corrected chi connectivity index (χ4v) is 1.63. The van der Waals surface area contributed by atoms with Crippen molar-refractivity contribution < 1.29 is 0 Å². The number of fused-ring (bicyclic) bond motifs is 1. The molecule has 1 aromatic heterocycles. The molecule has 0 spiro atoms. The fourth-order valence-electron chi connectivity index (χ4n) is 1.63. The van der Waals surface area contributed by atoms with E-state index in [0.29, 0.717) is 0 Å². The van der Waals surface area contributed by atoms with Gasteiger partial charge in [0.05, 0.1) is 0 Å². The van der Waals surface area contributed by atoms with Gasteiger partial charge in [-0.2, -0.15) is 0 Å². The van der Waals surface area contributed by atoms with E-state index in [1.165, 1.54) is 11.3 Å². The molecule has 1 aliphatic heterocycles. The third kappa shape index (κ3) is 1.86. The lowest BCUT2D eigenvalue weighted by atomic mass is 10.1. The first-order chi connectivity index (χ1) is 6.40. The normalized spacial score (nSPS) is 16.4. The highest BCUT2D eigenvalue weighted by Crippen LogP contribution is 2.09. The Hall–Kier alpha value is -0.960. The molecule has 3 nitrogen and oxygen atoms in total. The van der Waals surface area contributed by atoms with Crippen LogP contribution in [0.25, 0.3) is 0 Å². The molecule has 0 atom stereocenters. The lowest BCUT2D eigenvalue weighted by Gasteiger charge is -2.04. The molecule has 70 valence electrons. The summed E-state index contributed by atoms with van der Waals surface area (Å²) in [6.07, 6.45) is 5.04. The molecule has 1 aliphatic rings. The molecular weight excluding hydrogens is 162 g/mol. The van der Waals surface area contributed by atoms with E-state index in [0.717, 1.165) is 38.2 Å². The van der Waals surface area contributed by atoms with Gasteiger partial charge in [-0.05, 0) is 18.5 Å². The van der Waals surface area contributed by atoms with Gasteiger partial charge in [0.1, 0.15) is 5.82 Å². The van der Waals surface area contributed by atoms with Gasteiger partial charge in [0.15, 0.2) is 0 Å². The number of rotatable bonds is 1. The van der Waals surface area contributed by atoms with Gasteiger partial charge in [-0.1, -0.05) is 6.92 Å². The average molecular weight is 177 g/mol. The summed E-state index contributed by atoms with van der Waals surface area (Å²) >= 11 is 0. The summed E-state index contributed by atoms with van der Waals surface area (Å²) in [5, 5.41) is 3.36. The Bertz CT molecular complexity index is 296. The molecule has 13 heavy (non-hydrogen) atoms. The summed E-state index contributed by atoms with van der Waals surface area (Å²) in [6, 6.07) is 0.